The number of rotatable bonds is 3. The standard InChI is InChI=1S/C10H17N3O/c1-8(11)9-5-12-13(6-9)7-10-3-2-4-14-10/h5-6,8,10H,2-4,7,11H2,1H3/t8-,10+/m0/s1. The van der Waals surface area contributed by atoms with Gasteiger partial charge in [0.25, 0.3) is 0 Å². The molecule has 4 heteroatoms. The van der Waals surface area contributed by atoms with Crippen molar-refractivity contribution in [1.82, 2.24) is 9.78 Å². The number of nitrogens with two attached hydrogens (primary N) is 1. The van der Waals surface area contributed by atoms with Gasteiger partial charge in [-0.05, 0) is 19.8 Å². The molecule has 78 valence electrons. The smallest absolute Gasteiger partial charge is 0.0771 e. The molecule has 4 nitrogen and oxygen atoms in total. The summed E-state index contributed by atoms with van der Waals surface area (Å²) in [6.07, 6.45) is 6.50. The molecule has 0 unspecified atom stereocenters. The molecule has 14 heavy (non-hydrogen) atoms. The fourth-order valence-electron chi connectivity index (χ4n) is 1.71. The summed E-state index contributed by atoms with van der Waals surface area (Å²) in [5.41, 5.74) is 6.84. The molecule has 0 aromatic carbocycles. The summed E-state index contributed by atoms with van der Waals surface area (Å²) in [4.78, 5) is 0. The van der Waals surface area contributed by atoms with Gasteiger partial charge in [0, 0.05) is 24.4 Å². The summed E-state index contributed by atoms with van der Waals surface area (Å²) in [5, 5.41) is 4.26. The van der Waals surface area contributed by atoms with Gasteiger partial charge in [-0.3, -0.25) is 4.68 Å². The fourth-order valence-corrected chi connectivity index (χ4v) is 1.71. The zero-order valence-electron chi connectivity index (χ0n) is 8.52. The lowest BCUT2D eigenvalue weighted by molar-refractivity contribution is 0.0940. The Morgan fingerprint density at radius 1 is 1.79 bits per heavy atom. The summed E-state index contributed by atoms with van der Waals surface area (Å²) in [6.45, 7) is 3.71. The highest BCUT2D eigenvalue weighted by Crippen LogP contribution is 2.14. The first-order valence-electron chi connectivity index (χ1n) is 5.15. The Bertz CT molecular complexity index is 289. The van der Waals surface area contributed by atoms with Gasteiger partial charge in [-0.25, -0.2) is 0 Å². The second kappa shape index (κ2) is 4.11. The van der Waals surface area contributed by atoms with Crippen molar-refractivity contribution in [1.29, 1.82) is 0 Å². The van der Waals surface area contributed by atoms with E-state index in [0.717, 1.165) is 25.1 Å². The van der Waals surface area contributed by atoms with Crippen LogP contribution in [0.4, 0.5) is 0 Å². The van der Waals surface area contributed by atoms with Crippen LogP contribution in [0, 0.1) is 0 Å². The molecule has 1 aliphatic heterocycles. The van der Waals surface area contributed by atoms with Crippen molar-refractivity contribution in [2.75, 3.05) is 6.61 Å². The summed E-state index contributed by atoms with van der Waals surface area (Å²) >= 11 is 0. The minimum absolute atomic E-state index is 0.0632. The molecule has 1 aromatic rings. The van der Waals surface area contributed by atoms with Crippen LogP contribution in [-0.2, 0) is 11.3 Å². The van der Waals surface area contributed by atoms with Crippen LogP contribution in [-0.4, -0.2) is 22.5 Å². The van der Waals surface area contributed by atoms with E-state index in [1.807, 2.05) is 24.0 Å². The van der Waals surface area contributed by atoms with Crippen LogP contribution in [0.1, 0.15) is 31.4 Å². The largest absolute Gasteiger partial charge is 0.376 e. The fraction of sp³-hybridized carbons (Fsp3) is 0.700. The van der Waals surface area contributed by atoms with E-state index in [1.54, 1.807) is 0 Å². The van der Waals surface area contributed by atoms with Gasteiger partial charge in [0.15, 0.2) is 0 Å². The van der Waals surface area contributed by atoms with E-state index < -0.39 is 0 Å². The summed E-state index contributed by atoms with van der Waals surface area (Å²) in [7, 11) is 0. The number of hydrogen-bond donors (Lipinski definition) is 1. The number of hydrogen-bond acceptors (Lipinski definition) is 3. The first kappa shape index (κ1) is 9.68. The average molecular weight is 195 g/mol. The second-order valence-electron chi connectivity index (χ2n) is 3.92. The van der Waals surface area contributed by atoms with Crippen LogP contribution in [0.5, 0.6) is 0 Å². The molecule has 2 atom stereocenters. The molecule has 1 saturated heterocycles. The lowest BCUT2D eigenvalue weighted by Crippen LogP contribution is -2.15. The van der Waals surface area contributed by atoms with Crippen LogP contribution in [0.15, 0.2) is 12.4 Å². The van der Waals surface area contributed by atoms with Gasteiger partial charge >= 0.3 is 0 Å². The van der Waals surface area contributed by atoms with Gasteiger partial charge in [-0.15, -0.1) is 0 Å². The third kappa shape index (κ3) is 2.13. The van der Waals surface area contributed by atoms with Crippen molar-refractivity contribution in [3.8, 4) is 0 Å². The van der Waals surface area contributed by atoms with E-state index >= 15 is 0 Å². The Morgan fingerprint density at radius 2 is 2.64 bits per heavy atom. The van der Waals surface area contributed by atoms with Crippen LogP contribution in [0.25, 0.3) is 0 Å². The average Bonchev–Trinajstić information content (AvgIpc) is 2.75. The highest BCUT2D eigenvalue weighted by atomic mass is 16.5. The second-order valence-corrected chi connectivity index (χ2v) is 3.92. The molecule has 0 spiro atoms. The quantitative estimate of drug-likeness (QED) is 0.785. The molecular weight excluding hydrogens is 178 g/mol. The zero-order valence-corrected chi connectivity index (χ0v) is 8.52. The lowest BCUT2D eigenvalue weighted by Gasteiger charge is -2.08. The van der Waals surface area contributed by atoms with E-state index in [2.05, 4.69) is 5.10 Å². The third-order valence-electron chi connectivity index (χ3n) is 2.59. The molecule has 1 aromatic heterocycles. The van der Waals surface area contributed by atoms with Crippen LogP contribution >= 0.6 is 0 Å². The maximum Gasteiger partial charge on any atom is 0.0771 e. The first-order valence-corrected chi connectivity index (χ1v) is 5.15. The first-order chi connectivity index (χ1) is 6.75. The van der Waals surface area contributed by atoms with E-state index in [9.17, 15) is 0 Å². The Kier molecular flexibility index (Phi) is 2.84. The third-order valence-corrected chi connectivity index (χ3v) is 2.59. The van der Waals surface area contributed by atoms with Crippen LogP contribution in [0.3, 0.4) is 0 Å². The Balaban J connectivity index is 1.95. The van der Waals surface area contributed by atoms with E-state index in [-0.39, 0.29) is 6.04 Å². The summed E-state index contributed by atoms with van der Waals surface area (Å²) in [6, 6.07) is 0.0632. The predicted octanol–water partition coefficient (Wildman–Crippen LogP) is 1.08. The summed E-state index contributed by atoms with van der Waals surface area (Å²) in [5.74, 6) is 0. The SMILES string of the molecule is C[C@H](N)c1cnn(C[C@H]2CCCO2)c1. The molecule has 2 heterocycles. The highest BCUT2D eigenvalue weighted by molar-refractivity contribution is 5.08. The lowest BCUT2D eigenvalue weighted by atomic mass is 10.2. The molecule has 0 aliphatic carbocycles. The molecule has 2 rings (SSSR count). The predicted molar refractivity (Wildman–Crippen MR) is 53.8 cm³/mol. The monoisotopic (exact) mass is 195 g/mol. The molecule has 0 saturated carbocycles. The van der Waals surface area contributed by atoms with E-state index in [1.165, 1.54) is 6.42 Å². The van der Waals surface area contributed by atoms with Crippen molar-refractivity contribution in [2.24, 2.45) is 5.73 Å². The van der Waals surface area contributed by atoms with Gasteiger partial charge < -0.3 is 10.5 Å². The molecular formula is C10H17N3O. The number of nitrogens with zero attached hydrogens (tertiary/aromatic N) is 2. The molecule has 0 radical (unpaired) electrons. The number of ether oxygens (including phenoxy) is 1. The molecule has 1 fully saturated rings. The minimum Gasteiger partial charge on any atom is -0.376 e. The topological polar surface area (TPSA) is 53.1 Å². The molecule has 2 N–H and O–H groups in total. The van der Waals surface area contributed by atoms with E-state index in [4.69, 9.17) is 10.5 Å². The molecule has 0 amide bonds. The Labute approximate surface area is 84.0 Å². The van der Waals surface area contributed by atoms with Gasteiger partial charge in [-0.1, -0.05) is 0 Å². The Hall–Kier alpha value is -0.870. The van der Waals surface area contributed by atoms with Crippen molar-refractivity contribution in [3.05, 3.63) is 18.0 Å². The van der Waals surface area contributed by atoms with E-state index in [0.29, 0.717) is 6.10 Å². The van der Waals surface area contributed by atoms with Crippen molar-refractivity contribution in [2.45, 2.75) is 38.5 Å². The normalized spacial score (nSPS) is 24.0. The maximum atomic E-state index is 5.75. The minimum atomic E-state index is 0.0632. The van der Waals surface area contributed by atoms with Crippen LogP contribution in [0.2, 0.25) is 0 Å². The van der Waals surface area contributed by atoms with Crippen molar-refractivity contribution in [3.63, 3.8) is 0 Å². The molecule has 0 bridgehead atoms. The number of aromatic nitrogens is 2. The van der Waals surface area contributed by atoms with Crippen molar-refractivity contribution < 1.29 is 4.74 Å². The maximum absolute atomic E-state index is 5.75. The molecule has 1 aliphatic rings. The zero-order chi connectivity index (χ0) is 9.97. The van der Waals surface area contributed by atoms with Gasteiger partial charge in [0.2, 0.25) is 0 Å². The van der Waals surface area contributed by atoms with Crippen LogP contribution < -0.4 is 5.73 Å². The summed E-state index contributed by atoms with van der Waals surface area (Å²) < 4.78 is 7.46. The van der Waals surface area contributed by atoms with Crippen molar-refractivity contribution >= 4 is 0 Å². The highest BCUT2D eigenvalue weighted by Gasteiger charge is 2.16. The van der Waals surface area contributed by atoms with Gasteiger partial charge in [-0.2, -0.15) is 5.10 Å². The Morgan fingerprint density at radius 3 is 3.21 bits per heavy atom. The van der Waals surface area contributed by atoms with Gasteiger partial charge in [0.05, 0.1) is 18.8 Å². The van der Waals surface area contributed by atoms with Gasteiger partial charge in [0.1, 0.15) is 0 Å².